The van der Waals surface area contributed by atoms with Gasteiger partial charge in [-0.15, -0.1) is 0 Å². The Bertz CT molecular complexity index is 1870. The van der Waals surface area contributed by atoms with Gasteiger partial charge in [0.1, 0.15) is 17.2 Å². The van der Waals surface area contributed by atoms with E-state index >= 15 is 0 Å². The van der Waals surface area contributed by atoms with Crippen LogP contribution in [0.25, 0.3) is 33.3 Å². The maximum absolute atomic E-state index is 6.26. The Morgan fingerprint density at radius 1 is 0.881 bits per heavy atom. The Morgan fingerprint density at radius 3 is 2.48 bits per heavy atom. The van der Waals surface area contributed by atoms with E-state index in [-0.39, 0.29) is 0 Å². The number of methoxy groups -OCH3 is 2. The minimum atomic E-state index is 0.669. The van der Waals surface area contributed by atoms with E-state index in [1.807, 2.05) is 48.5 Å². The molecule has 3 aromatic heterocycles. The Balaban J connectivity index is 1.04. The number of pyridine rings is 1. The molecule has 0 atom stereocenters. The maximum atomic E-state index is 6.26. The summed E-state index contributed by atoms with van der Waals surface area (Å²) in [5, 5.41) is 5.62. The first-order valence-corrected chi connectivity index (χ1v) is 14.1. The van der Waals surface area contributed by atoms with Gasteiger partial charge in [0.05, 0.1) is 26.3 Å². The molecule has 1 aliphatic heterocycles. The number of ether oxygens (including phenoxy) is 2. The minimum absolute atomic E-state index is 0.669. The predicted octanol–water partition coefficient (Wildman–Crippen LogP) is 6.80. The third-order valence-electron chi connectivity index (χ3n) is 7.90. The zero-order chi connectivity index (χ0) is 28.5. The third-order valence-corrected chi connectivity index (χ3v) is 7.90. The van der Waals surface area contributed by atoms with Gasteiger partial charge in [0, 0.05) is 59.1 Å². The highest BCUT2D eigenvalue weighted by atomic mass is 16.5. The fourth-order valence-electron chi connectivity index (χ4n) is 5.65. The van der Waals surface area contributed by atoms with Crippen LogP contribution in [-0.2, 0) is 19.4 Å². The second kappa shape index (κ2) is 11.1. The van der Waals surface area contributed by atoms with Crippen molar-refractivity contribution in [1.29, 1.82) is 0 Å². The molecule has 42 heavy (non-hydrogen) atoms. The average Bonchev–Trinajstić information content (AvgIpc) is 3.40. The predicted molar refractivity (Wildman–Crippen MR) is 164 cm³/mol. The zero-order valence-corrected chi connectivity index (χ0v) is 23.6. The normalized spacial score (nSPS) is 13.3. The fourth-order valence-corrected chi connectivity index (χ4v) is 5.65. The fraction of sp³-hybridized carbons (Fsp3) is 0.206. The molecule has 7 rings (SSSR count). The number of hydrogen-bond donors (Lipinski definition) is 1. The molecule has 1 N–H and O–H groups in total. The summed E-state index contributed by atoms with van der Waals surface area (Å²) >= 11 is 0. The summed E-state index contributed by atoms with van der Waals surface area (Å²) in [5.41, 5.74) is 6.23. The highest BCUT2D eigenvalue weighted by Gasteiger charge is 2.24. The Hall–Kier alpha value is -4.95. The van der Waals surface area contributed by atoms with Crippen LogP contribution < -0.4 is 14.8 Å². The Labute approximate surface area is 244 Å². The van der Waals surface area contributed by atoms with E-state index in [1.165, 1.54) is 11.1 Å². The molecule has 0 spiro atoms. The second-order valence-electron chi connectivity index (χ2n) is 10.5. The lowest BCUT2D eigenvalue weighted by Gasteiger charge is -2.26. The zero-order valence-electron chi connectivity index (χ0n) is 23.6. The molecule has 0 unspecified atom stereocenters. The number of benzene rings is 3. The van der Waals surface area contributed by atoms with Crippen LogP contribution in [0.5, 0.6) is 11.5 Å². The number of rotatable bonds is 8. The van der Waals surface area contributed by atoms with Crippen LogP contribution in [0.1, 0.15) is 16.9 Å². The van der Waals surface area contributed by atoms with Crippen molar-refractivity contribution in [3.8, 4) is 22.9 Å². The summed E-state index contributed by atoms with van der Waals surface area (Å²) in [6.45, 7) is 2.76. The quantitative estimate of drug-likeness (QED) is 0.219. The number of nitrogens with one attached hydrogen (secondary N) is 1. The molecule has 0 saturated carbocycles. The van der Waals surface area contributed by atoms with Crippen LogP contribution in [-0.4, -0.2) is 47.2 Å². The van der Waals surface area contributed by atoms with Gasteiger partial charge < -0.3 is 19.2 Å². The van der Waals surface area contributed by atoms with Crippen LogP contribution in [0.15, 0.2) is 89.6 Å². The summed E-state index contributed by atoms with van der Waals surface area (Å²) in [5.74, 6) is 3.91. The molecule has 0 radical (unpaired) electrons. The standard InChI is InChI=1S/C34H31N5O3/c1-40-30-19-27-25-14-18-39(21-32(25)42-29(27)20-31(30)41-2)17-13-22-7-9-24(10-8-22)36-34-26-5-3-4-6-28(26)37-33(38-34)23-11-15-35-16-12-23/h3-12,15-16,19-20H,13-14,17-18,21H2,1-2H3,(H,36,37,38). The molecule has 8 heteroatoms. The summed E-state index contributed by atoms with van der Waals surface area (Å²) in [4.78, 5) is 16.2. The van der Waals surface area contributed by atoms with Gasteiger partial charge in [-0.05, 0) is 60.9 Å². The summed E-state index contributed by atoms with van der Waals surface area (Å²) < 4.78 is 17.2. The lowest BCUT2D eigenvalue weighted by atomic mass is 10.0. The molecule has 0 amide bonds. The summed E-state index contributed by atoms with van der Waals surface area (Å²) in [6, 6.07) is 24.5. The van der Waals surface area contributed by atoms with Crippen LogP contribution in [0.2, 0.25) is 0 Å². The van der Waals surface area contributed by atoms with E-state index in [0.717, 1.165) is 82.9 Å². The molecule has 8 nitrogen and oxygen atoms in total. The highest BCUT2D eigenvalue weighted by Crippen LogP contribution is 2.38. The van der Waals surface area contributed by atoms with E-state index < -0.39 is 0 Å². The number of para-hydroxylation sites is 1. The molecule has 0 saturated heterocycles. The highest BCUT2D eigenvalue weighted by molar-refractivity contribution is 5.92. The molecule has 0 fully saturated rings. The van der Waals surface area contributed by atoms with Gasteiger partial charge in [-0.1, -0.05) is 24.3 Å². The van der Waals surface area contributed by atoms with Crippen molar-refractivity contribution in [3.05, 3.63) is 102 Å². The van der Waals surface area contributed by atoms with Crippen molar-refractivity contribution >= 4 is 33.4 Å². The molecule has 3 aromatic carbocycles. The van der Waals surface area contributed by atoms with E-state index in [2.05, 4.69) is 39.5 Å². The first-order chi connectivity index (χ1) is 20.7. The SMILES string of the molecule is COc1cc2oc3c(c2cc1OC)CCN(CCc1ccc(Nc2nc(-c4ccncc4)nc4ccccc24)cc1)C3. The van der Waals surface area contributed by atoms with Gasteiger partial charge in [0.2, 0.25) is 0 Å². The van der Waals surface area contributed by atoms with Crippen molar-refractivity contribution in [2.45, 2.75) is 19.4 Å². The van der Waals surface area contributed by atoms with Crippen molar-refractivity contribution in [1.82, 2.24) is 19.9 Å². The Kier molecular flexibility index (Phi) is 6.89. The minimum Gasteiger partial charge on any atom is -0.493 e. The lowest BCUT2D eigenvalue weighted by Crippen LogP contribution is -2.31. The van der Waals surface area contributed by atoms with Gasteiger partial charge in [0.25, 0.3) is 0 Å². The van der Waals surface area contributed by atoms with Crippen molar-refractivity contribution in [2.24, 2.45) is 0 Å². The molecule has 0 bridgehead atoms. The van der Waals surface area contributed by atoms with Crippen LogP contribution in [0.4, 0.5) is 11.5 Å². The van der Waals surface area contributed by atoms with E-state index in [4.69, 9.17) is 23.9 Å². The van der Waals surface area contributed by atoms with Gasteiger partial charge in [0.15, 0.2) is 17.3 Å². The molecule has 1 aliphatic rings. The first kappa shape index (κ1) is 26.0. The van der Waals surface area contributed by atoms with Crippen LogP contribution in [0.3, 0.4) is 0 Å². The number of furan rings is 1. The smallest absolute Gasteiger partial charge is 0.164 e. The number of hydrogen-bond acceptors (Lipinski definition) is 8. The van der Waals surface area contributed by atoms with E-state index in [1.54, 1.807) is 26.6 Å². The average molecular weight is 558 g/mol. The molecule has 210 valence electrons. The summed E-state index contributed by atoms with van der Waals surface area (Å²) in [7, 11) is 3.31. The van der Waals surface area contributed by atoms with Gasteiger partial charge in [-0.25, -0.2) is 9.97 Å². The summed E-state index contributed by atoms with van der Waals surface area (Å²) in [6.07, 6.45) is 5.43. The topological polar surface area (TPSA) is 85.5 Å². The molecule has 6 aromatic rings. The Morgan fingerprint density at radius 2 is 1.67 bits per heavy atom. The van der Waals surface area contributed by atoms with Crippen molar-refractivity contribution in [3.63, 3.8) is 0 Å². The van der Waals surface area contributed by atoms with Crippen LogP contribution >= 0.6 is 0 Å². The number of fused-ring (bicyclic) bond motifs is 4. The maximum Gasteiger partial charge on any atom is 0.164 e. The van der Waals surface area contributed by atoms with Crippen LogP contribution in [0, 0.1) is 0 Å². The van der Waals surface area contributed by atoms with E-state index in [9.17, 15) is 0 Å². The molecule has 4 heterocycles. The number of aromatic nitrogens is 3. The van der Waals surface area contributed by atoms with E-state index in [0.29, 0.717) is 11.6 Å². The monoisotopic (exact) mass is 557 g/mol. The molecular formula is C34H31N5O3. The van der Waals surface area contributed by atoms with Crippen molar-refractivity contribution < 1.29 is 13.9 Å². The number of anilines is 2. The van der Waals surface area contributed by atoms with Gasteiger partial charge in [-0.2, -0.15) is 0 Å². The van der Waals surface area contributed by atoms with Crippen molar-refractivity contribution in [2.75, 3.05) is 32.6 Å². The first-order valence-electron chi connectivity index (χ1n) is 14.1. The second-order valence-corrected chi connectivity index (χ2v) is 10.5. The van der Waals surface area contributed by atoms with Gasteiger partial charge in [-0.3, -0.25) is 9.88 Å². The van der Waals surface area contributed by atoms with Gasteiger partial charge >= 0.3 is 0 Å². The molecule has 0 aliphatic carbocycles. The lowest BCUT2D eigenvalue weighted by molar-refractivity contribution is 0.234. The molecular weight excluding hydrogens is 526 g/mol. The number of nitrogens with zero attached hydrogens (tertiary/aromatic N) is 4. The third kappa shape index (κ3) is 5.01. The largest absolute Gasteiger partial charge is 0.493 e.